The van der Waals surface area contributed by atoms with Crippen molar-refractivity contribution in [2.45, 2.75) is 33.6 Å². The molecule has 1 atom stereocenters. The Balaban J connectivity index is 2.16. The minimum Gasteiger partial charge on any atom is -0.507 e. The fourth-order valence-electron chi connectivity index (χ4n) is 2.05. The molecule has 2 aromatic rings. The molecule has 5 nitrogen and oxygen atoms in total. The smallest absolute Gasteiger partial charge is 0.226 e. The molecule has 1 heterocycles. The highest BCUT2D eigenvalue weighted by atomic mass is 16.5. The summed E-state index contributed by atoms with van der Waals surface area (Å²) in [6.07, 6.45) is 1.67. The van der Waals surface area contributed by atoms with Crippen LogP contribution in [0.2, 0.25) is 0 Å². The van der Waals surface area contributed by atoms with Crippen LogP contribution in [0.4, 0.5) is 0 Å². The number of aromatic hydroxyl groups is 1. The van der Waals surface area contributed by atoms with Crippen LogP contribution in [-0.2, 0) is 6.42 Å². The van der Waals surface area contributed by atoms with Crippen LogP contribution in [0.3, 0.4) is 0 Å². The van der Waals surface area contributed by atoms with Gasteiger partial charge >= 0.3 is 0 Å². The van der Waals surface area contributed by atoms with Crippen LogP contribution >= 0.6 is 0 Å². The normalized spacial score (nSPS) is 12.6. The second-order valence-corrected chi connectivity index (χ2v) is 5.35. The van der Waals surface area contributed by atoms with Crippen molar-refractivity contribution in [3.63, 3.8) is 0 Å². The van der Waals surface area contributed by atoms with Crippen molar-refractivity contribution in [1.82, 2.24) is 10.1 Å². The third kappa shape index (κ3) is 3.17. The van der Waals surface area contributed by atoms with Crippen molar-refractivity contribution in [3.05, 3.63) is 29.2 Å². The average molecular weight is 275 g/mol. The Kier molecular flexibility index (Phi) is 4.39. The first kappa shape index (κ1) is 14.5. The summed E-state index contributed by atoms with van der Waals surface area (Å²) in [6, 6.07) is 3.72. The van der Waals surface area contributed by atoms with Crippen molar-refractivity contribution in [2.24, 2.45) is 11.7 Å². The van der Waals surface area contributed by atoms with Crippen LogP contribution in [0.1, 0.15) is 30.4 Å². The molecule has 0 aliphatic heterocycles. The van der Waals surface area contributed by atoms with E-state index in [2.05, 4.69) is 17.1 Å². The van der Waals surface area contributed by atoms with Gasteiger partial charge < -0.3 is 15.4 Å². The SMILES string of the molecule is Cc1cc(-c2noc(CCC(C)CN)n2)cc(C)c1O. The Hall–Kier alpha value is -1.88. The zero-order valence-corrected chi connectivity index (χ0v) is 12.2. The summed E-state index contributed by atoms with van der Waals surface area (Å²) in [5, 5.41) is 13.8. The summed E-state index contributed by atoms with van der Waals surface area (Å²) >= 11 is 0. The predicted octanol–water partition coefficient (Wildman–Crippen LogP) is 2.59. The van der Waals surface area contributed by atoms with Crippen LogP contribution in [0.15, 0.2) is 16.7 Å². The molecule has 5 heteroatoms. The molecule has 1 unspecified atom stereocenters. The maximum Gasteiger partial charge on any atom is 0.226 e. The topological polar surface area (TPSA) is 85.2 Å². The highest BCUT2D eigenvalue weighted by Gasteiger charge is 2.12. The van der Waals surface area contributed by atoms with Gasteiger partial charge in [-0.25, -0.2) is 0 Å². The lowest BCUT2D eigenvalue weighted by Gasteiger charge is -2.05. The van der Waals surface area contributed by atoms with Gasteiger partial charge in [0.05, 0.1) is 0 Å². The lowest BCUT2D eigenvalue weighted by atomic mass is 10.1. The molecule has 1 aromatic heterocycles. The molecule has 20 heavy (non-hydrogen) atoms. The van der Waals surface area contributed by atoms with Gasteiger partial charge in [-0.15, -0.1) is 0 Å². The number of phenols is 1. The van der Waals surface area contributed by atoms with E-state index in [0.717, 1.165) is 29.5 Å². The summed E-state index contributed by atoms with van der Waals surface area (Å²) in [5.41, 5.74) is 8.07. The zero-order valence-electron chi connectivity index (χ0n) is 12.2. The highest BCUT2D eigenvalue weighted by Crippen LogP contribution is 2.27. The minimum atomic E-state index is 0.314. The maximum absolute atomic E-state index is 9.78. The van der Waals surface area contributed by atoms with Gasteiger partial charge in [0.25, 0.3) is 0 Å². The number of hydrogen-bond donors (Lipinski definition) is 2. The molecule has 0 saturated heterocycles. The number of nitrogens with zero attached hydrogens (tertiary/aromatic N) is 2. The molecular weight excluding hydrogens is 254 g/mol. The van der Waals surface area contributed by atoms with Crippen molar-refractivity contribution < 1.29 is 9.63 Å². The third-order valence-corrected chi connectivity index (χ3v) is 3.47. The van der Waals surface area contributed by atoms with Crippen LogP contribution in [0.5, 0.6) is 5.75 Å². The van der Waals surface area contributed by atoms with E-state index in [1.54, 1.807) is 0 Å². The van der Waals surface area contributed by atoms with Crippen molar-refractivity contribution in [3.8, 4) is 17.1 Å². The van der Waals surface area contributed by atoms with Crippen LogP contribution in [-0.4, -0.2) is 21.8 Å². The largest absolute Gasteiger partial charge is 0.507 e. The fraction of sp³-hybridized carbons (Fsp3) is 0.467. The summed E-state index contributed by atoms with van der Waals surface area (Å²) in [5.74, 6) is 1.95. The summed E-state index contributed by atoms with van der Waals surface area (Å²) in [4.78, 5) is 4.40. The molecule has 1 aromatic carbocycles. The van der Waals surface area contributed by atoms with E-state index in [0.29, 0.717) is 29.9 Å². The number of hydrogen-bond acceptors (Lipinski definition) is 5. The molecule has 0 aliphatic rings. The number of benzene rings is 1. The molecule has 108 valence electrons. The van der Waals surface area contributed by atoms with Crippen LogP contribution in [0, 0.1) is 19.8 Å². The van der Waals surface area contributed by atoms with E-state index in [1.165, 1.54) is 0 Å². The molecule has 2 rings (SSSR count). The molecule has 0 amide bonds. The Morgan fingerprint density at radius 2 is 1.95 bits per heavy atom. The second kappa shape index (κ2) is 6.05. The Labute approximate surface area is 118 Å². The summed E-state index contributed by atoms with van der Waals surface area (Å²) < 4.78 is 5.26. The van der Waals surface area contributed by atoms with Gasteiger partial charge in [0.2, 0.25) is 11.7 Å². The first-order valence-corrected chi connectivity index (χ1v) is 6.84. The number of rotatable bonds is 5. The van der Waals surface area contributed by atoms with Gasteiger partial charge in [-0.3, -0.25) is 0 Å². The first-order valence-electron chi connectivity index (χ1n) is 6.84. The lowest BCUT2D eigenvalue weighted by molar-refractivity contribution is 0.366. The quantitative estimate of drug-likeness (QED) is 0.876. The Morgan fingerprint density at radius 3 is 2.55 bits per heavy atom. The fourth-order valence-corrected chi connectivity index (χ4v) is 2.05. The number of nitrogens with two attached hydrogens (primary N) is 1. The van der Waals surface area contributed by atoms with Gasteiger partial charge in [0.1, 0.15) is 5.75 Å². The summed E-state index contributed by atoms with van der Waals surface area (Å²) in [7, 11) is 0. The van der Waals surface area contributed by atoms with E-state index in [9.17, 15) is 5.11 Å². The van der Waals surface area contributed by atoms with E-state index >= 15 is 0 Å². The number of aromatic nitrogens is 2. The zero-order chi connectivity index (χ0) is 14.7. The van der Waals surface area contributed by atoms with Gasteiger partial charge in [0.15, 0.2) is 0 Å². The first-order chi connectivity index (χ1) is 9.51. The number of aryl methyl sites for hydroxylation is 3. The van der Waals surface area contributed by atoms with Gasteiger partial charge in [-0.2, -0.15) is 4.98 Å². The van der Waals surface area contributed by atoms with Crippen molar-refractivity contribution >= 4 is 0 Å². The van der Waals surface area contributed by atoms with Crippen molar-refractivity contribution in [1.29, 1.82) is 0 Å². The summed E-state index contributed by atoms with van der Waals surface area (Å²) in [6.45, 7) is 6.48. The van der Waals surface area contributed by atoms with Gasteiger partial charge in [-0.05, 0) is 56.0 Å². The van der Waals surface area contributed by atoms with Crippen LogP contribution < -0.4 is 5.73 Å². The molecule has 0 bridgehead atoms. The van der Waals surface area contributed by atoms with Gasteiger partial charge in [0, 0.05) is 12.0 Å². The molecule has 0 saturated carbocycles. The molecule has 0 aliphatic carbocycles. The van der Waals surface area contributed by atoms with E-state index in [4.69, 9.17) is 10.3 Å². The standard InChI is InChI=1S/C15H21N3O2/c1-9(8-16)4-5-13-17-15(18-20-13)12-6-10(2)14(19)11(3)7-12/h6-7,9,19H,4-5,8,16H2,1-3H3. The molecule has 0 radical (unpaired) electrons. The molecule has 0 fully saturated rings. The minimum absolute atomic E-state index is 0.314. The van der Waals surface area contributed by atoms with E-state index in [-0.39, 0.29) is 0 Å². The lowest BCUT2D eigenvalue weighted by Crippen LogP contribution is -2.11. The number of phenolic OH excluding ortho intramolecular Hbond substituents is 1. The Bertz CT molecular complexity index is 570. The molecule has 0 spiro atoms. The molecular formula is C15H21N3O2. The monoisotopic (exact) mass is 275 g/mol. The van der Waals surface area contributed by atoms with Crippen LogP contribution in [0.25, 0.3) is 11.4 Å². The molecule has 3 N–H and O–H groups in total. The predicted molar refractivity (Wildman–Crippen MR) is 77.4 cm³/mol. The maximum atomic E-state index is 9.78. The second-order valence-electron chi connectivity index (χ2n) is 5.35. The third-order valence-electron chi connectivity index (χ3n) is 3.47. The van der Waals surface area contributed by atoms with E-state index < -0.39 is 0 Å². The van der Waals surface area contributed by atoms with Crippen molar-refractivity contribution in [2.75, 3.05) is 6.54 Å². The Morgan fingerprint density at radius 1 is 1.30 bits per heavy atom. The highest BCUT2D eigenvalue weighted by molar-refractivity contribution is 5.60. The van der Waals surface area contributed by atoms with E-state index in [1.807, 2.05) is 26.0 Å². The van der Waals surface area contributed by atoms with Gasteiger partial charge in [-0.1, -0.05) is 12.1 Å². The average Bonchev–Trinajstić information content (AvgIpc) is 2.90.